The highest BCUT2D eigenvalue weighted by molar-refractivity contribution is 5.01. The van der Waals surface area contributed by atoms with Gasteiger partial charge >= 0.3 is 0 Å². The van der Waals surface area contributed by atoms with Gasteiger partial charge in [-0.15, -0.1) is 0 Å². The lowest BCUT2D eigenvalue weighted by atomic mass is 9.64. The van der Waals surface area contributed by atoms with E-state index in [9.17, 15) is 10.2 Å². The number of aliphatic hydroxyl groups is 2. The zero-order chi connectivity index (χ0) is 8.34. The van der Waals surface area contributed by atoms with Gasteiger partial charge in [0, 0.05) is 12.8 Å². The maximum atomic E-state index is 9.89. The highest BCUT2D eigenvalue weighted by Crippen LogP contribution is 2.51. The molecule has 2 saturated heterocycles. The molecule has 2 aliphatic carbocycles. The molecule has 0 radical (unpaired) electrons. The third-order valence-electron chi connectivity index (χ3n) is 3.65. The van der Waals surface area contributed by atoms with Crippen molar-refractivity contribution in [2.75, 3.05) is 0 Å². The van der Waals surface area contributed by atoms with Crippen molar-refractivity contribution in [3.05, 3.63) is 0 Å². The molecule has 12 heavy (non-hydrogen) atoms. The molecular weight excluding hydrogens is 156 g/mol. The number of hydrogen-bond acceptors (Lipinski definition) is 3. The fourth-order valence-corrected chi connectivity index (χ4v) is 3.25. The van der Waals surface area contributed by atoms with E-state index in [0.717, 1.165) is 12.8 Å². The Hall–Kier alpha value is -0.120. The highest BCUT2D eigenvalue weighted by atomic mass is 16.6. The Morgan fingerprint density at radius 2 is 1.75 bits per heavy atom. The van der Waals surface area contributed by atoms with Gasteiger partial charge in [0.05, 0.1) is 12.2 Å². The van der Waals surface area contributed by atoms with Crippen LogP contribution in [0.2, 0.25) is 0 Å². The lowest BCUT2D eigenvalue weighted by Crippen LogP contribution is -2.60. The van der Waals surface area contributed by atoms with E-state index >= 15 is 0 Å². The molecule has 68 valence electrons. The molecule has 3 unspecified atom stereocenters. The Morgan fingerprint density at radius 3 is 2.25 bits per heavy atom. The first-order chi connectivity index (χ1) is 5.66. The molecule has 4 fully saturated rings. The van der Waals surface area contributed by atoms with Gasteiger partial charge in [-0.2, -0.15) is 0 Å². The quantitative estimate of drug-likeness (QED) is 0.548. The summed E-state index contributed by atoms with van der Waals surface area (Å²) in [7, 11) is 0. The largest absolute Gasteiger partial charge is 0.393 e. The fourth-order valence-electron chi connectivity index (χ4n) is 3.25. The van der Waals surface area contributed by atoms with Gasteiger partial charge in [0.2, 0.25) is 0 Å². The molecule has 0 aromatic rings. The van der Waals surface area contributed by atoms with Crippen molar-refractivity contribution in [3.8, 4) is 0 Å². The molecular formula is C9H14O3. The molecule has 0 spiro atoms. The zero-order valence-corrected chi connectivity index (χ0v) is 6.94. The van der Waals surface area contributed by atoms with Gasteiger partial charge < -0.3 is 14.9 Å². The van der Waals surface area contributed by atoms with Crippen LogP contribution in [-0.4, -0.2) is 28.2 Å². The maximum absolute atomic E-state index is 9.89. The van der Waals surface area contributed by atoms with Crippen LogP contribution in [0.4, 0.5) is 0 Å². The molecule has 4 bridgehead atoms. The maximum Gasteiger partial charge on any atom is 0.166 e. The van der Waals surface area contributed by atoms with Crippen molar-refractivity contribution < 1.29 is 14.9 Å². The van der Waals surface area contributed by atoms with Crippen LogP contribution in [-0.2, 0) is 4.74 Å². The normalized spacial score (nSPS) is 62.5. The minimum absolute atomic E-state index is 0.176. The molecule has 3 heteroatoms. The van der Waals surface area contributed by atoms with Gasteiger partial charge in [0.25, 0.3) is 0 Å². The van der Waals surface area contributed by atoms with E-state index in [1.807, 2.05) is 0 Å². The summed E-state index contributed by atoms with van der Waals surface area (Å²) in [6.07, 6.45) is 3.21. The van der Waals surface area contributed by atoms with Gasteiger partial charge in [-0.05, 0) is 24.7 Å². The van der Waals surface area contributed by atoms with Gasteiger partial charge in [-0.1, -0.05) is 0 Å². The molecule has 2 N–H and O–H groups in total. The summed E-state index contributed by atoms with van der Waals surface area (Å²) >= 11 is 0. The van der Waals surface area contributed by atoms with Crippen LogP contribution in [0.1, 0.15) is 25.7 Å². The molecule has 5 atom stereocenters. The Labute approximate surface area is 71.3 Å². The monoisotopic (exact) mass is 170 g/mol. The smallest absolute Gasteiger partial charge is 0.166 e. The topological polar surface area (TPSA) is 49.7 Å². The number of hydrogen-bond donors (Lipinski definition) is 2. The summed E-state index contributed by atoms with van der Waals surface area (Å²) in [6.45, 7) is 0. The number of rotatable bonds is 0. The predicted molar refractivity (Wildman–Crippen MR) is 41.3 cm³/mol. The molecule has 0 aromatic heterocycles. The van der Waals surface area contributed by atoms with Gasteiger partial charge in [-0.3, -0.25) is 0 Å². The van der Waals surface area contributed by atoms with E-state index in [1.54, 1.807) is 0 Å². The predicted octanol–water partition coefficient (Wildman–Crippen LogP) is 0.255. The molecule has 3 nitrogen and oxygen atoms in total. The molecule has 2 heterocycles. The van der Waals surface area contributed by atoms with Crippen LogP contribution in [0, 0.1) is 11.8 Å². The Kier molecular flexibility index (Phi) is 1.23. The minimum Gasteiger partial charge on any atom is -0.393 e. The summed E-state index contributed by atoms with van der Waals surface area (Å²) in [5.41, 5.74) is 0. The molecule has 0 amide bonds. The molecule has 4 aliphatic rings. The molecule has 2 aliphatic heterocycles. The number of ether oxygens (including phenoxy) is 1. The summed E-state index contributed by atoms with van der Waals surface area (Å²) in [6, 6.07) is 0. The van der Waals surface area contributed by atoms with Crippen molar-refractivity contribution in [2.24, 2.45) is 11.8 Å². The third kappa shape index (κ3) is 0.817. The van der Waals surface area contributed by atoms with E-state index in [4.69, 9.17) is 4.74 Å². The minimum atomic E-state index is -0.879. The van der Waals surface area contributed by atoms with Crippen LogP contribution in [0.25, 0.3) is 0 Å². The first kappa shape index (κ1) is 7.30. The third-order valence-corrected chi connectivity index (χ3v) is 3.65. The molecule has 4 rings (SSSR count). The van der Waals surface area contributed by atoms with Gasteiger partial charge in [-0.25, -0.2) is 0 Å². The number of aliphatic hydroxyl groups excluding tert-OH is 1. The second kappa shape index (κ2) is 2.03. The Morgan fingerprint density at radius 1 is 1.17 bits per heavy atom. The van der Waals surface area contributed by atoms with Crippen LogP contribution in [0.5, 0.6) is 0 Å². The van der Waals surface area contributed by atoms with Crippen LogP contribution >= 0.6 is 0 Å². The van der Waals surface area contributed by atoms with Crippen LogP contribution in [0.15, 0.2) is 0 Å². The summed E-state index contributed by atoms with van der Waals surface area (Å²) in [5, 5.41) is 19.7. The second-order valence-electron chi connectivity index (χ2n) is 4.58. The van der Waals surface area contributed by atoms with Gasteiger partial charge in [0.1, 0.15) is 0 Å². The van der Waals surface area contributed by atoms with E-state index in [0.29, 0.717) is 24.7 Å². The lowest BCUT2D eigenvalue weighted by Gasteiger charge is -2.55. The average Bonchev–Trinajstić information content (AvgIpc) is 1.96. The summed E-state index contributed by atoms with van der Waals surface area (Å²) < 4.78 is 5.50. The van der Waals surface area contributed by atoms with Crippen molar-refractivity contribution in [1.82, 2.24) is 0 Å². The van der Waals surface area contributed by atoms with Crippen molar-refractivity contribution >= 4 is 0 Å². The van der Waals surface area contributed by atoms with E-state index in [1.165, 1.54) is 0 Å². The highest BCUT2D eigenvalue weighted by Gasteiger charge is 2.55. The average molecular weight is 170 g/mol. The van der Waals surface area contributed by atoms with Crippen molar-refractivity contribution in [2.45, 2.75) is 43.7 Å². The first-order valence-corrected chi connectivity index (χ1v) is 4.74. The van der Waals surface area contributed by atoms with E-state index in [2.05, 4.69) is 0 Å². The SMILES string of the molecule is OC1[C@@H]2CC3C[C@H]1CC(O)(C2)O3. The van der Waals surface area contributed by atoms with E-state index in [-0.39, 0.29) is 12.2 Å². The fraction of sp³-hybridized carbons (Fsp3) is 1.00. The lowest BCUT2D eigenvalue weighted by molar-refractivity contribution is -0.335. The summed E-state index contributed by atoms with van der Waals surface area (Å²) in [5.74, 6) is -0.294. The van der Waals surface area contributed by atoms with Crippen molar-refractivity contribution in [3.63, 3.8) is 0 Å². The molecule has 0 aromatic carbocycles. The van der Waals surface area contributed by atoms with Crippen molar-refractivity contribution in [1.29, 1.82) is 0 Å². The molecule has 2 saturated carbocycles. The van der Waals surface area contributed by atoms with Crippen LogP contribution < -0.4 is 0 Å². The zero-order valence-electron chi connectivity index (χ0n) is 6.94. The summed E-state index contributed by atoms with van der Waals surface area (Å²) in [4.78, 5) is 0. The standard InChI is InChI=1S/C9H14O3/c10-8-5-1-7-2-6(8)4-9(11,3-5)12-7/h5-8,10-11H,1-4H2/t5-,6+,7?,8?,9?. The second-order valence-corrected chi connectivity index (χ2v) is 4.58. The first-order valence-electron chi connectivity index (χ1n) is 4.74. The Balaban J connectivity index is 1.95. The Bertz CT molecular complexity index is 200. The van der Waals surface area contributed by atoms with E-state index < -0.39 is 5.79 Å². The van der Waals surface area contributed by atoms with Crippen LogP contribution in [0.3, 0.4) is 0 Å². The van der Waals surface area contributed by atoms with Gasteiger partial charge in [0.15, 0.2) is 5.79 Å².